The summed E-state index contributed by atoms with van der Waals surface area (Å²) in [5.74, 6) is -0.587. The monoisotopic (exact) mass is 281 g/mol. The Kier molecular flexibility index (Phi) is 4.58. The molecule has 1 aliphatic carbocycles. The number of carbonyl (C=O) groups is 2. The molecule has 1 amide bonds. The molecule has 5 heteroatoms. The first-order valence-corrected chi connectivity index (χ1v) is 7.53. The second kappa shape index (κ2) is 6.19. The van der Waals surface area contributed by atoms with Gasteiger partial charge in [0.1, 0.15) is 4.88 Å². The number of amides is 1. The number of carbonyl (C=O) groups excluding carboxylic acids is 1. The van der Waals surface area contributed by atoms with Gasteiger partial charge in [-0.1, -0.05) is 19.3 Å². The predicted octanol–water partition coefficient (Wildman–Crippen LogP) is 3.14. The first-order chi connectivity index (χ1) is 9.08. The number of nitrogens with one attached hydrogen (secondary N) is 1. The number of carboxylic acids is 1. The molecule has 1 aromatic rings. The van der Waals surface area contributed by atoms with E-state index in [1.165, 1.54) is 38.2 Å². The molecule has 4 nitrogen and oxygen atoms in total. The third-order valence-corrected chi connectivity index (χ3v) is 4.83. The first kappa shape index (κ1) is 14.1. The van der Waals surface area contributed by atoms with Gasteiger partial charge in [-0.05, 0) is 37.8 Å². The SMILES string of the molecule is CC(NC(=O)c1ccc(C(=O)O)s1)C1CCCCC1. The minimum absolute atomic E-state index is 0.156. The number of aromatic carboxylic acids is 1. The van der Waals surface area contributed by atoms with Crippen LogP contribution in [-0.2, 0) is 0 Å². The van der Waals surface area contributed by atoms with Crippen molar-refractivity contribution < 1.29 is 14.7 Å². The van der Waals surface area contributed by atoms with Crippen LogP contribution in [0.15, 0.2) is 12.1 Å². The Morgan fingerprint density at radius 2 is 1.89 bits per heavy atom. The van der Waals surface area contributed by atoms with Crippen LogP contribution in [0.3, 0.4) is 0 Å². The summed E-state index contributed by atoms with van der Waals surface area (Å²) in [6.07, 6.45) is 6.13. The molecule has 0 bridgehead atoms. The summed E-state index contributed by atoms with van der Waals surface area (Å²) in [6, 6.07) is 3.22. The first-order valence-electron chi connectivity index (χ1n) is 6.72. The summed E-state index contributed by atoms with van der Waals surface area (Å²) in [5.41, 5.74) is 0. The highest BCUT2D eigenvalue weighted by atomic mass is 32.1. The van der Waals surface area contributed by atoms with E-state index in [4.69, 9.17) is 5.11 Å². The van der Waals surface area contributed by atoms with Crippen LogP contribution < -0.4 is 5.32 Å². The Hall–Kier alpha value is -1.36. The Labute approximate surface area is 116 Å². The molecule has 1 atom stereocenters. The van der Waals surface area contributed by atoms with Gasteiger partial charge in [0.05, 0.1) is 4.88 Å². The Balaban J connectivity index is 1.93. The summed E-state index contributed by atoms with van der Waals surface area (Å²) < 4.78 is 0. The normalized spacial score (nSPS) is 17.9. The fraction of sp³-hybridized carbons (Fsp3) is 0.571. The van der Waals surface area contributed by atoms with Crippen LogP contribution >= 0.6 is 11.3 Å². The lowest BCUT2D eigenvalue weighted by molar-refractivity contribution is 0.0702. The lowest BCUT2D eigenvalue weighted by Gasteiger charge is -2.28. The quantitative estimate of drug-likeness (QED) is 0.891. The van der Waals surface area contributed by atoms with Crippen LogP contribution in [0.25, 0.3) is 0 Å². The number of hydrogen-bond donors (Lipinski definition) is 2. The largest absolute Gasteiger partial charge is 0.477 e. The molecular formula is C14H19NO3S. The molecule has 1 fully saturated rings. The maximum Gasteiger partial charge on any atom is 0.345 e. The topological polar surface area (TPSA) is 66.4 Å². The highest BCUT2D eigenvalue weighted by Gasteiger charge is 2.22. The Morgan fingerprint density at radius 1 is 1.26 bits per heavy atom. The molecule has 0 aromatic carbocycles. The van der Waals surface area contributed by atoms with Gasteiger partial charge in [0.2, 0.25) is 0 Å². The van der Waals surface area contributed by atoms with Crippen molar-refractivity contribution in [1.29, 1.82) is 0 Å². The number of carboxylic acid groups (broad SMARTS) is 1. The summed E-state index contributed by atoms with van der Waals surface area (Å²) in [7, 11) is 0. The van der Waals surface area contributed by atoms with Crippen molar-refractivity contribution in [3.63, 3.8) is 0 Å². The smallest absolute Gasteiger partial charge is 0.345 e. The van der Waals surface area contributed by atoms with E-state index < -0.39 is 5.97 Å². The average Bonchev–Trinajstić information content (AvgIpc) is 2.89. The predicted molar refractivity (Wildman–Crippen MR) is 74.8 cm³/mol. The van der Waals surface area contributed by atoms with E-state index in [0.717, 1.165) is 11.3 Å². The van der Waals surface area contributed by atoms with Crippen molar-refractivity contribution in [2.45, 2.75) is 45.1 Å². The van der Waals surface area contributed by atoms with Crippen molar-refractivity contribution in [3.05, 3.63) is 21.9 Å². The second-order valence-electron chi connectivity index (χ2n) is 5.13. The second-order valence-corrected chi connectivity index (χ2v) is 6.21. The van der Waals surface area contributed by atoms with Gasteiger partial charge in [-0.2, -0.15) is 0 Å². The number of rotatable bonds is 4. The van der Waals surface area contributed by atoms with E-state index in [-0.39, 0.29) is 16.8 Å². The van der Waals surface area contributed by atoms with Gasteiger partial charge in [-0.15, -0.1) is 11.3 Å². The lowest BCUT2D eigenvalue weighted by atomic mass is 9.84. The molecule has 0 spiro atoms. The average molecular weight is 281 g/mol. The molecule has 0 saturated heterocycles. The van der Waals surface area contributed by atoms with E-state index in [1.54, 1.807) is 6.07 Å². The van der Waals surface area contributed by atoms with E-state index in [2.05, 4.69) is 5.32 Å². The van der Waals surface area contributed by atoms with Crippen LogP contribution in [0, 0.1) is 5.92 Å². The zero-order valence-electron chi connectivity index (χ0n) is 11.0. The maximum atomic E-state index is 12.0. The summed E-state index contributed by atoms with van der Waals surface area (Å²) in [6.45, 7) is 2.04. The maximum absolute atomic E-state index is 12.0. The van der Waals surface area contributed by atoms with E-state index >= 15 is 0 Å². The van der Waals surface area contributed by atoms with E-state index in [1.807, 2.05) is 6.92 Å². The van der Waals surface area contributed by atoms with Gasteiger partial charge in [0, 0.05) is 6.04 Å². The lowest BCUT2D eigenvalue weighted by Crippen LogP contribution is -2.38. The molecular weight excluding hydrogens is 262 g/mol. The van der Waals surface area contributed by atoms with Crippen LogP contribution in [0.4, 0.5) is 0 Å². The fourth-order valence-electron chi connectivity index (χ4n) is 2.60. The minimum Gasteiger partial charge on any atom is -0.477 e. The van der Waals surface area contributed by atoms with Gasteiger partial charge in [-0.3, -0.25) is 4.79 Å². The van der Waals surface area contributed by atoms with Crippen LogP contribution in [0.5, 0.6) is 0 Å². The third kappa shape index (κ3) is 3.56. The zero-order valence-corrected chi connectivity index (χ0v) is 11.8. The Morgan fingerprint density at radius 3 is 2.47 bits per heavy atom. The molecule has 1 aromatic heterocycles. The molecule has 1 unspecified atom stereocenters. The molecule has 0 radical (unpaired) electrons. The highest BCUT2D eigenvalue weighted by Crippen LogP contribution is 2.26. The Bertz CT molecular complexity index is 463. The highest BCUT2D eigenvalue weighted by molar-refractivity contribution is 7.15. The van der Waals surface area contributed by atoms with Gasteiger partial charge >= 0.3 is 5.97 Å². The number of thiophene rings is 1. The summed E-state index contributed by atoms with van der Waals surface area (Å²) in [4.78, 5) is 23.5. The minimum atomic E-state index is -0.982. The molecule has 2 N–H and O–H groups in total. The van der Waals surface area contributed by atoms with Gasteiger partial charge in [0.15, 0.2) is 0 Å². The summed E-state index contributed by atoms with van der Waals surface area (Å²) in [5, 5.41) is 11.8. The molecule has 19 heavy (non-hydrogen) atoms. The van der Waals surface area contributed by atoms with Crippen molar-refractivity contribution >= 4 is 23.2 Å². The fourth-order valence-corrected chi connectivity index (χ4v) is 3.35. The van der Waals surface area contributed by atoms with Gasteiger partial charge in [-0.25, -0.2) is 4.79 Å². The third-order valence-electron chi connectivity index (χ3n) is 3.76. The van der Waals surface area contributed by atoms with Gasteiger partial charge in [0.25, 0.3) is 5.91 Å². The number of hydrogen-bond acceptors (Lipinski definition) is 3. The van der Waals surface area contributed by atoms with E-state index in [9.17, 15) is 9.59 Å². The molecule has 2 rings (SSSR count). The van der Waals surface area contributed by atoms with Crippen molar-refractivity contribution in [2.75, 3.05) is 0 Å². The zero-order chi connectivity index (χ0) is 13.8. The van der Waals surface area contributed by atoms with E-state index in [0.29, 0.717) is 10.8 Å². The molecule has 104 valence electrons. The summed E-state index contributed by atoms with van der Waals surface area (Å²) >= 11 is 1.03. The van der Waals surface area contributed by atoms with Crippen molar-refractivity contribution in [1.82, 2.24) is 5.32 Å². The van der Waals surface area contributed by atoms with Crippen molar-refractivity contribution in [2.24, 2.45) is 5.92 Å². The standard InChI is InChI=1S/C14H19NO3S/c1-9(10-5-3-2-4-6-10)15-13(16)11-7-8-12(19-11)14(17)18/h7-10H,2-6H2,1H3,(H,15,16)(H,17,18). The molecule has 1 saturated carbocycles. The molecule has 1 aliphatic rings. The van der Waals surface area contributed by atoms with Crippen LogP contribution in [0.1, 0.15) is 58.4 Å². The van der Waals surface area contributed by atoms with Crippen molar-refractivity contribution in [3.8, 4) is 0 Å². The molecule has 1 heterocycles. The van der Waals surface area contributed by atoms with Crippen LogP contribution in [0.2, 0.25) is 0 Å². The van der Waals surface area contributed by atoms with Crippen LogP contribution in [-0.4, -0.2) is 23.0 Å². The van der Waals surface area contributed by atoms with Gasteiger partial charge < -0.3 is 10.4 Å². The molecule has 0 aliphatic heterocycles.